The highest BCUT2D eigenvalue weighted by Gasteiger charge is 2.19. The minimum Gasteiger partial charge on any atom is -0.462 e. The highest BCUT2D eigenvalue weighted by atomic mass is 16.6. The Kier molecular flexibility index (Phi) is 58.6. The molecule has 0 aliphatic carbocycles. The van der Waals surface area contributed by atoms with Crippen LogP contribution in [0.15, 0.2) is 24.3 Å². The van der Waals surface area contributed by atoms with E-state index < -0.39 is 6.10 Å². The molecule has 0 rings (SSSR count). The third-order valence-corrected chi connectivity index (χ3v) is 14.5. The van der Waals surface area contributed by atoms with Gasteiger partial charge in [0.05, 0.1) is 0 Å². The molecule has 0 aliphatic rings. The third kappa shape index (κ3) is 58.7. The zero-order valence-corrected chi connectivity index (χ0v) is 48.0. The van der Waals surface area contributed by atoms with Gasteiger partial charge in [-0.25, -0.2) is 0 Å². The Morgan fingerprint density at radius 2 is 0.507 bits per heavy atom. The SMILES string of the molecule is CCCCC/C=C\C/C=C\CCCCCCCC(=O)OC(COC(=O)CCCCCCCCCCCCCCCC)COC(=O)CCCCCCCCCCCCCCCCCCCCCCCCCC. The second-order valence-corrected chi connectivity index (χ2v) is 21.7. The van der Waals surface area contributed by atoms with Gasteiger partial charge >= 0.3 is 17.9 Å². The lowest BCUT2D eigenvalue weighted by atomic mass is 10.0. The summed E-state index contributed by atoms with van der Waals surface area (Å²) in [4.78, 5) is 38.2. The number of esters is 3. The molecule has 0 aromatic rings. The Morgan fingerprint density at radius 1 is 0.282 bits per heavy atom. The van der Waals surface area contributed by atoms with Crippen LogP contribution in [-0.4, -0.2) is 37.2 Å². The van der Waals surface area contributed by atoms with Crippen molar-refractivity contribution in [2.75, 3.05) is 13.2 Å². The summed E-state index contributed by atoms with van der Waals surface area (Å²) in [6.07, 6.45) is 71.9. The maximum absolute atomic E-state index is 12.9. The first-order valence-electron chi connectivity index (χ1n) is 31.8. The Morgan fingerprint density at radius 3 is 0.803 bits per heavy atom. The molecule has 0 N–H and O–H groups in total. The lowest BCUT2D eigenvalue weighted by Gasteiger charge is -2.18. The van der Waals surface area contributed by atoms with E-state index in [4.69, 9.17) is 14.2 Å². The lowest BCUT2D eigenvalue weighted by molar-refractivity contribution is -0.167. The van der Waals surface area contributed by atoms with Crippen LogP contribution >= 0.6 is 0 Å². The molecule has 418 valence electrons. The fraction of sp³-hybridized carbons (Fsp3) is 0.892. The molecule has 71 heavy (non-hydrogen) atoms. The van der Waals surface area contributed by atoms with Gasteiger partial charge in [-0.2, -0.15) is 0 Å². The summed E-state index contributed by atoms with van der Waals surface area (Å²) in [5.41, 5.74) is 0. The first-order chi connectivity index (χ1) is 35.0. The van der Waals surface area contributed by atoms with Crippen LogP contribution in [0.2, 0.25) is 0 Å². The van der Waals surface area contributed by atoms with Crippen LogP contribution in [-0.2, 0) is 28.6 Å². The van der Waals surface area contributed by atoms with Crippen molar-refractivity contribution in [3.05, 3.63) is 24.3 Å². The Hall–Kier alpha value is -2.11. The number of unbranched alkanes of at least 4 members (excludes halogenated alkanes) is 44. The van der Waals surface area contributed by atoms with Crippen molar-refractivity contribution in [3.8, 4) is 0 Å². The highest BCUT2D eigenvalue weighted by molar-refractivity contribution is 5.71. The number of allylic oxidation sites excluding steroid dienone is 4. The predicted molar refractivity (Wildman–Crippen MR) is 307 cm³/mol. The average Bonchev–Trinajstić information content (AvgIpc) is 3.37. The molecular formula is C65H122O6. The van der Waals surface area contributed by atoms with Gasteiger partial charge in [0.25, 0.3) is 0 Å². The fourth-order valence-electron chi connectivity index (χ4n) is 9.65. The molecule has 6 heteroatoms. The van der Waals surface area contributed by atoms with Crippen LogP contribution in [0.1, 0.15) is 355 Å². The first kappa shape index (κ1) is 68.9. The maximum Gasteiger partial charge on any atom is 0.306 e. The maximum atomic E-state index is 12.9. The summed E-state index contributed by atoms with van der Waals surface area (Å²) in [6.45, 7) is 6.67. The first-order valence-corrected chi connectivity index (χ1v) is 31.8. The van der Waals surface area contributed by atoms with E-state index in [1.807, 2.05) is 0 Å². The van der Waals surface area contributed by atoms with Gasteiger partial charge in [0, 0.05) is 19.3 Å². The summed E-state index contributed by atoms with van der Waals surface area (Å²) in [5.74, 6) is -0.859. The van der Waals surface area contributed by atoms with E-state index in [1.165, 1.54) is 238 Å². The molecule has 0 aliphatic heterocycles. The second kappa shape index (κ2) is 60.4. The van der Waals surface area contributed by atoms with Gasteiger partial charge in [0.2, 0.25) is 0 Å². The summed E-state index contributed by atoms with van der Waals surface area (Å²) >= 11 is 0. The van der Waals surface area contributed by atoms with Gasteiger partial charge in [0.1, 0.15) is 13.2 Å². The summed E-state index contributed by atoms with van der Waals surface area (Å²) in [5, 5.41) is 0. The van der Waals surface area contributed by atoms with Crippen molar-refractivity contribution < 1.29 is 28.6 Å². The fourth-order valence-corrected chi connectivity index (χ4v) is 9.65. The molecule has 0 radical (unpaired) electrons. The molecule has 1 unspecified atom stereocenters. The van der Waals surface area contributed by atoms with Gasteiger partial charge in [-0.15, -0.1) is 0 Å². The zero-order valence-electron chi connectivity index (χ0n) is 48.0. The smallest absolute Gasteiger partial charge is 0.306 e. The van der Waals surface area contributed by atoms with Gasteiger partial charge in [-0.05, 0) is 51.4 Å². The third-order valence-electron chi connectivity index (χ3n) is 14.5. The average molecular weight is 1000 g/mol. The summed E-state index contributed by atoms with van der Waals surface area (Å²) in [7, 11) is 0. The topological polar surface area (TPSA) is 78.9 Å². The molecule has 0 amide bonds. The summed E-state index contributed by atoms with van der Waals surface area (Å²) < 4.78 is 16.9. The molecule has 0 heterocycles. The van der Waals surface area contributed by atoms with Crippen molar-refractivity contribution in [1.29, 1.82) is 0 Å². The molecular weight excluding hydrogens is 877 g/mol. The molecule has 0 saturated carbocycles. The quantitative estimate of drug-likeness (QED) is 0.0261. The van der Waals surface area contributed by atoms with E-state index in [0.717, 1.165) is 77.0 Å². The number of rotatable bonds is 59. The predicted octanol–water partition coefficient (Wildman–Crippen LogP) is 21.4. The molecule has 0 aromatic heterocycles. The van der Waals surface area contributed by atoms with Crippen LogP contribution in [0.5, 0.6) is 0 Å². The van der Waals surface area contributed by atoms with Crippen molar-refractivity contribution in [3.63, 3.8) is 0 Å². The van der Waals surface area contributed by atoms with Gasteiger partial charge in [-0.3, -0.25) is 14.4 Å². The molecule has 0 saturated heterocycles. The van der Waals surface area contributed by atoms with E-state index in [-0.39, 0.29) is 31.1 Å². The number of hydrogen-bond acceptors (Lipinski definition) is 6. The largest absolute Gasteiger partial charge is 0.462 e. The van der Waals surface area contributed by atoms with Crippen LogP contribution in [0.25, 0.3) is 0 Å². The summed E-state index contributed by atoms with van der Waals surface area (Å²) in [6, 6.07) is 0. The van der Waals surface area contributed by atoms with Crippen LogP contribution in [0, 0.1) is 0 Å². The normalized spacial score (nSPS) is 12.1. The van der Waals surface area contributed by atoms with E-state index in [2.05, 4.69) is 45.1 Å². The van der Waals surface area contributed by atoms with Gasteiger partial charge < -0.3 is 14.2 Å². The molecule has 1 atom stereocenters. The van der Waals surface area contributed by atoms with E-state index in [0.29, 0.717) is 19.3 Å². The standard InChI is InChI=1S/C65H122O6/c1-4-7-10-13-16-19-22-25-28-29-30-31-32-33-34-35-36-38-40-43-46-49-52-55-58-64(67)70-61-62(60-69-63(66)57-54-51-48-45-42-39-27-24-21-18-15-12-9-6-3)71-65(68)59-56-53-50-47-44-41-37-26-23-20-17-14-11-8-5-2/h17,20,26,37,62H,4-16,18-19,21-25,27-36,38-61H2,1-3H3/b20-17-,37-26-. The van der Waals surface area contributed by atoms with Crippen molar-refractivity contribution in [1.82, 2.24) is 0 Å². The monoisotopic (exact) mass is 999 g/mol. The van der Waals surface area contributed by atoms with E-state index in [1.54, 1.807) is 0 Å². The van der Waals surface area contributed by atoms with Gasteiger partial charge in [0.15, 0.2) is 6.10 Å². The number of carbonyl (C=O) groups excluding carboxylic acids is 3. The van der Waals surface area contributed by atoms with Crippen LogP contribution < -0.4 is 0 Å². The van der Waals surface area contributed by atoms with Crippen molar-refractivity contribution in [2.24, 2.45) is 0 Å². The van der Waals surface area contributed by atoms with E-state index >= 15 is 0 Å². The highest BCUT2D eigenvalue weighted by Crippen LogP contribution is 2.18. The number of ether oxygens (including phenoxy) is 3. The Labute approximate surface area is 443 Å². The second-order valence-electron chi connectivity index (χ2n) is 21.7. The van der Waals surface area contributed by atoms with Crippen LogP contribution in [0.3, 0.4) is 0 Å². The van der Waals surface area contributed by atoms with E-state index in [9.17, 15) is 14.4 Å². The molecule has 0 spiro atoms. The molecule has 0 bridgehead atoms. The Balaban J connectivity index is 4.24. The molecule has 0 aromatic carbocycles. The van der Waals surface area contributed by atoms with Crippen molar-refractivity contribution >= 4 is 17.9 Å². The zero-order chi connectivity index (χ0) is 51.4. The number of hydrogen-bond donors (Lipinski definition) is 0. The molecule has 0 fully saturated rings. The minimum atomic E-state index is -0.774. The number of carbonyl (C=O) groups is 3. The molecule has 6 nitrogen and oxygen atoms in total. The lowest BCUT2D eigenvalue weighted by Crippen LogP contribution is -2.30. The minimum absolute atomic E-state index is 0.0712. The van der Waals surface area contributed by atoms with Crippen molar-refractivity contribution in [2.45, 2.75) is 361 Å². The Bertz CT molecular complexity index is 1150. The van der Waals surface area contributed by atoms with Gasteiger partial charge in [-0.1, -0.05) is 308 Å². The van der Waals surface area contributed by atoms with Crippen LogP contribution in [0.4, 0.5) is 0 Å².